The summed E-state index contributed by atoms with van der Waals surface area (Å²) in [6.45, 7) is 2.27. The molecule has 0 saturated heterocycles. The molecular weight excluding hydrogens is 211 g/mol. The maximum atomic E-state index is 12.9. The van der Waals surface area contributed by atoms with E-state index in [4.69, 9.17) is 0 Å². The Hall–Kier alpha value is -1.63. The highest BCUT2D eigenvalue weighted by Crippen LogP contribution is 2.59. The van der Waals surface area contributed by atoms with Crippen LogP contribution < -0.4 is 0 Å². The molecule has 0 bridgehead atoms. The molecule has 0 amide bonds. The van der Waals surface area contributed by atoms with Gasteiger partial charge in [-0.15, -0.1) is 0 Å². The molecule has 0 radical (unpaired) electrons. The molecule has 0 nitrogen and oxygen atoms in total. The van der Waals surface area contributed by atoms with Crippen LogP contribution in [0.25, 0.3) is 0 Å². The van der Waals surface area contributed by atoms with E-state index in [1.54, 1.807) is 12.1 Å². The summed E-state index contributed by atoms with van der Waals surface area (Å²) >= 11 is 0. The molecule has 0 N–H and O–H groups in total. The Morgan fingerprint density at radius 3 is 1.88 bits per heavy atom. The minimum absolute atomic E-state index is 0.154. The molecule has 1 aliphatic carbocycles. The molecule has 0 heterocycles. The Bertz CT molecular complexity index is 501. The first-order valence-corrected chi connectivity index (χ1v) is 6.08. The Labute approximate surface area is 101 Å². The van der Waals surface area contributed by atoms with E-state index in [0.29, 0.717) is 17.8 Å². The summed E-state index contributed by atoms with van der Waals surface area (Å²) in [6, 6.07) is 17.5. The number of hydrogen-bond acceptors (Lipinski definition) is 0. The summed E-state index contributed by atoms with van der Waals surface area (Å²) < 4.78 is 12.9. The topological polar surface area (TPSA) is 0 Å². The predicted octanol–water partition coefficient (Wildman–Crippen LogP) is 4.34. The monoisotopic (exact) mass is 226 g/mol. The molecule has 17 heavy (non-hydrogen) atoms. The van der Waals surface area contributed by atoms with Crippen molar-refractivity contribution in [2.45, 2.75) is 18.8 Å². The molecule has 2 aromatic carbocycles. The van der Waals surface area contributed by atoms with Crippen molar-refractivity contribution in [3.63, 3.8) is 0 Å². The van der Waals surface area contributed by atoms with Crippen LogP contribution in [0, 0.1) is 11.7 Å². The molecule has 1 saturated carbocycles. The fourth-order valence-corrected chi connectivity index (χ4v) is 2.84. The first kappa shape index (κ1) is 10.5. The molecule has 1 aliphatic rings. The molecule has 1 heteroatoms. The fourth-order valence-electron chi connectivity index (χ4n) is 2.84. The van der Waals surface area contributed by atoms with E-state index in [1.165, 1.54) is 11.1 Å². The second kappa shape index (κ2) is 3.99. The van der Waals surface area contributed by atoms with Crippen LogP contribution in [0.15, 0.2) is 54.6 Å². The van der Waals surface area contributed by atoms with Crippen molar-refractivity contribution < 1.29 is 4.39 Å². The van der Waals surface area contributed by atoms with Crippen molar-refractivity contribution >= 4 is 0 Å². The van der Waals surface area contributed by atoms with Gasteiger partial charge in [-0.1, -0.05) is 49.4 Å². The standard InChI is InChI=1S/C16H15F/c1-11-15(12-5-3-2-4-6-12)16(11)13-7-9-14(17)10-8-13/h2-11,15-16H,1H3/t11-,15+,16-/m1/s1. The minimum Gasteiger partial charge on any atom is -0.207 e. The van der Waals surface area contributed by atoms with E-state index in [-0.39, 0.29) is 5.82 Å². The lowest BCUT2D eigenvalue weighted by Gasteiger charge is -2.00. The molecule has 0 aliphatic heterocycles. The lowest BCUT2D eigenvalue weighted by atomic mass is 10.0. The highest BCUT2D eigenvalue weighted by molar-refractivity contribution is 5.38. The smallest absolute Gasteiger partial charge is 0.123 e. The number of benzene rings is 2. The third kappa shape index (κ3) is 1.86. The number of rotatable bonds is 2. The Morgan fingerprint density at radius 2 is 1.29 bits per heavy atom. The molecular formula is C16H15F. The van der Waals surface area contributed by atoms with Gasteiger partial charge in [0.15, 0.2) is 0 Å². The van der Waals surface area contributed by atoms with Gasteiger partial charge in [0.1, 0.15) is 5.82 Å². The van der Waals surface area contributed by atoms with Gasteiger partial charge >= 0.3 is 0 Å². The average molecular weight is 226 g/mol. The van der Waals surface area contributed by atoms with Crippen LogP contribution in [0.1, 0.15) is 29.9 Å². The summed E-state index contributed by atoms with van der Waals surface area (Å²) in [5, 5.41) is 0. The SMILES string of the molecule is C[C@@H]1[C@@H](c2ccccc2)[C@H]1c1ccc(F)cc1. The third-order valence-electron chi connectivity index (χ3n) is 3.82. The zero-order valence-electron chi connectivity index (χ0n) is 9.81. The lowest BCUT2D eigenvalue weighted by molar-refractivity contribution is 0.627. The number of hydrogen-bond donors (Lipinski definition) is 0. The van der Waals surface area contributed by atoms with Crippen LogP contribution in [0.5, 0.6) is 0 Å². The second-order valence-corrected chi connectivity index (χ2v) is 4.87. The van der Waals surface area contributed by atoms with Gasteiger partial charge in [0.05, 0.1) is 0 Å². The summed E-state index contributed by atoms with van der Waals surface area (Å²) in [4.78, 5) is 0. The van der Waals surface area contributed by atoms with Crippen molar-refractivity contribution in [2.24, 2.45) is 5.92 Å². The van der Waals surface area contributed by atoms with Crippen molar-refractivity contribution in [1.29, 1.82) is 0 Å². The van der Waals surface area contributed by atoms with E-state index in [1.807, 2.05) is 18.2 Å². The molecule has 3 rings (SSSR count). The average Bonchev–Trinajstić information content (AvgIpc) is 3.03. The van der Waals surface area contributed by atoms with Crippen molar-refractivity contribution in [2.75, 3.05) is 0 Å². The first-order valence-electron chi connectivity index (χ1n) is 6.08. The molecule has 0 unspecified atom stereocenters. The quantitative estimate of drug-likeness (QED) is 0.714. The van der Waals surface area contributed by atoms with Crippen molar-refractivity contribution in [1.82, 2.24) is 0 Å². The Kier molecular flexibility index (Phi) is 2.47. The maximum absolute atomic E-state index is 12.9. The minimum atomic E-state index is -0.154. The van der Waals surface area contributed by atoms with Crippen LogP contribution in [-0.2, 0) is 0 Å². The van der Waals surface area contributed by atoms with Crippen molar-refractivity contribution in [3.8, 4) is 0 Å². The molecule has 3 atom stereocenters. The lowest BCUT2D eigenvalue weighted by Crippen LogP contribution is -1.84. The molecule has 86 valence electrons. The maximum Gasteiger partial charge on any atom is 0.123 e. The van der Waals surface area contributed by atoms with Gasteiger partial charge in [-0.2, -0.15) is 0 Å². The van der Waals surface area contributed by atoms with Gasteiger partial charge in [0.2, 0.25) is 0 Å². The van der Waals surface area contributed by atoms with E-state index >= 15 is 0 Å². The van der Waals surface area contributed by atoms with Crippen LogP contribution >= 0.6 is 0 Å². The van der Waals surface area contributed by atoms with Crippen LogP contribution in [-0.4, -0.2) is 0 Å². The van der Waals surface area contributed by atoms with Gasteiger partial charge < -0.3 is 0 Å². The highest BCUT2D eigenvalue weighted by atomic mass is 19.1. The zero-order chi connectivity index (χ0) is 11.8. The first-order chi connectivity index (χ1) is 8.27. The van der Waals surface area contributed by atoms with E-state index in [9.17, 15) is 4.39 Å². The molecule has 0 spiro atoms. The summed E-state index contributed by atoms with van der Waals surface area (Å²) in [5.74, 6) is 1.65. The highest BCUT2D eigenvalue weighted by Gasteiger charge is 2.48. The van der Waals surface area contributed by atoms with Gasteiger partial charge in [-0.25, -0.2) is 4.39 Å². The normalized spacial score (nSPS) is 26.8. The number of halogens is 1. The molecule has 1 fully saturated rings. The third-order valence-corrected chi connectivity index (χ3v) is 3.82. The van der Waals surface area contributed by atoms with Gasteiger partial charge in [0, 0.05) is 0 Å². The fraction of sp³-hybridized carbons (Fsp3) is 0.250. The summed E-state index contributed by atoms with van der Waals surface area (Å²) in [6.07, 6.45) is 0. The van der Waals surface area contributed by atoms with Crippen molar-refractivity contribution in [3.05, 3.63) is 71.5 Å². The summed E-state index contributed by atoms with van der Waals surface area (Å²) in [5.41, 5.74) is 2.65. The van der Waals surface area contributed by atoms with Crippen LogP contribution in [0.4, 0.5) is 4.39 Å². The van der Waals surface area contributed by atoms with E-state index < -0.39 is 0 Å². The molecule has 2 aromatic rings. The van der Waals surface area contributed by atoms with Crippen LogP contribution in [0.2, 0.25) is 0 Å². The van der Waals surface area contributed by atoms with Gasteiger partial charge in [0.25, 0.3) is 0 Å². The largest absolute Gasteiger partial charge is 0.207 e. The van der Waals surface area contributed by atoms with Gasteiger partial charge in [-0.05, 0) is 41.0 Å². The van der Waals surface area contributed by atoms with Gasteiger partial charge in [-0.3, -0.25) is 0 Å². The zero-order valence-corrected chi connectivity index (χ0v) is 9.81. The Balaban J connectivity index is 1.86. The second-order valence-electron chi connectivity index (χ2n) is 4.87. The van der Waals surface area contributed by atoms with E-state index in [0.717, 1.165) is 0 Å². The Morgan fingerprint density at radius 1 is 0.765 bits per heavy atom. The van der Waals surface area contributed by atoms with E-state index in [2.05, 4.69) is 31.2 Å². The van der Waals surface area contributed by atoms with Crippen LogP contribution in [0.3, 0.4) is 0 Å². The predicted molar refractivity (Wildman–Crippen MR) is 67.5 cm³/mol. The molecule has 0 aromatic heterocycles. The summed E-state index contributed by atoms with van der Waals surface area (Å²) in [7, 11) is 0.